The van der Waals surface area contributed by atoms with Gasteiger partial charge in [0.15, 0.2) is 0 Å². The van der Waals surface area contributed by atoms with Crippen molar-refractivity contribution in [3.05, 3.63) is 38.9 Å². The van der Waals surface area contributed by atoms with Gasteiger partial charge in [0.2, 0.25) is 5.58 Å². The second-order valence-electron chi connectivity index (χ2n) is 6.06. The summed E-state index contributed by atoms with van der Waals surface area (Å²) in [6.07, 6.45) is 1.20. The van der Waals surface area contributed by atoms with Crippen molar-refractivity contribution in [1.82, 2.24) is 14.9 Å². The lowest BCUT2D eigenvalue weighted by atomic mass is 10.2. The third kappa shape index (κ3) is 2.36. The molecule has 1 atom stereocenters. The van der Waals surface area contributed by atoms with Crippen LogP contribution in [0.2, 0.25) is 0 Å². The van der Waals surface area contributed by atoms with Crippen LogP contribution in [0, 0.1) is 5.92 Å². The monoisotopic (exact) mass is 361 g/mol. The maximum Gasteiger partial charge on any atom is 0.294 e. The van der Waals surface area contributed by atoms with Gasteiger partial charge in [-0.3, -0.25) is 9.69 Å². The van der Waals surface area contributed by atoms with Crippen molar-refractivity contribution in [2.45, 2.75) is 19.9 Å². The van der Waals surface area contributed by atoms with Crippen molar-refractivity contribution >= 4 is 38.0 Å². The van der Waals surface area contributed by atoms with Crippen LogP contribution >= 0.6 is 15.9 Å². The fourth-order valence-corrected chi connectivity index (χ4v) is 3.49. The summed E-state index contributed by atoms with van der Waals surface area (Å²) in [4.78, 5) is 22.1. The summed E-state index contributed by atoms with van der Waals surface area (Å²) in [5.74, 6) is 1.41. The molecule has 114 valence electrons. The number of nitrogens with zero attached hydrogens (tertiary/aromatic N) is 2. The lowest BCUT2D eigenvalue weighted by molar-refractivity contribution is 0.312. The predicted octanol–water partition coefficient (Wildman–Crippen LogP) is 3.27. The molecule has 1 aromatic carbocycles. The van der Waals surface area contributed by atoms with Gasteiger partial charge >= 0.3 is 0 Å². The molecule has 0 saturated carbocycles. The third-order valence-electron chi connectivity index (χ3n) is 4.22. The Morgan fingerprint density at radius 1 is 1.50 bits per heavy atom. The van der Waals surface area contributed by atoms with Crippen LogP contribution in [0.3, 0.4) is 0 Å². The average molecular weight is 362 g/mol. The Labute approximate surface area is 135 Å². The first-order valence-corrected chi connectivity index (χ1v) is 8.23. The van der Waals surface area contributed by atoms with Crippen LogP contribution in [0.4, 0.5) is 0 Å². The summed E-state index contributed by atoms with van der Waals surface area (Å²) in [5, 5.41) is 0.867. The predicted molar refractivity (Wildman–Crippen MR) is 88.9 cm³/mol. The van der Waals surface area contributed by atoms with Gasteiger partial charge in [-0.1, -0.05) is 22.9 Å². The van der Waals surface area contributed by atoms with E-state index in [0.29, 0.717) is 35.0 Å². The Hall–Kier alpha value is -1.66. The first-order valence-electron chi connectivity index (χ1n) is 7.43. The number of H-pyrrole nitrogens is 1. The van der Waals surface area contributed by atoms with E-state index in [1.54, 1.807) is 0 Å². The Kier molecular flexibility index (Phi) is 3.31. The molecule has 1 fully saturated rings. The van der Waals surface area contributed by atoms with Crippen molar-refractivity contribution in [2.24, 2.45) is 5.92 Å². The van der Waals surface area contributed by atoms with Crippen molar-refractivity contribution in [2.75, 3.05) is 13.1 Å². The molecule has 0 spiro atoms. The molecule has 5 nitrogen and oxygen atoms in total. The van der Waals surface area contributed by atoms with Gasteiger partial charge in [0.25, 0.3) is 5.56 Å². The minimum Gasteiger partial charge on any atom is -0.449 e. The number of rotatable bonds is 2. The highest BCUT2D eigenvalue weighted by molar-refractivity contribution is 9.10. The quantitative estimate of drug-likeness (QED) is 0.760. The molecule has 4 rings (SSSR count). The Balaban J connectivity index is 1.82. The second kappa shape index (κ2) is 5.21. The summed E-state index contributed by atoms with van der Waals surface area (Å²) >= 11 is 3.45. The molecule has 3 heterocycles. The number of hydrogen-bond acceptors (Lipinski definition) is 4. The van der Waals surface area contributed by atoms with E-state index < -0.39 is 0 Å². The molecule has 1 aliphatic rings. The molecular weight excluding hydrogens is 346 g/mol. The largest absolute Gasteiger partial charge is 0.449 e. The SMILES string of the molecule is CC1CCN(Cc2nc3c(oc4ccc(Br)cc43)c(=O)[nH]2)C1. The molecule has 6 heteroatoms. The molecule has 1 N–H and O–H groups in total. The van der Waals surface area contributed by atoms with Gasteiger partial charge in [0.1, 0.15) is 16.9 Å². The smallest absolute Gasteiger partial charge is 0.294 e. The van der Waals surface area contributed by atoms with Gasteiger partial charge in [-0.25, -0.2) is 4.98 Å². The molecule has 0 amide bonds. The van der Waals surface area contributed by atoms with E-state index in [4.69, 9.17) is 4.42 Å². The van der Waals surface area contributed by atoms with Crippen LogP contribution in [-0.2, 0) is 6.54 Å². The number of furan rings is 1. The lowest BCUT2D eigenvalue weighted by Crippen LogP contribution is -2.23. The number of likely N-dealkylation sites (tertiary alicyclic amines) is 1. The number of benzene rings is 1. The van der Waals surface area contributed by atoms with Crippen LogP contribution in [0.5, 0.6) is 0 Å². The van der Waals surface area contributed by atoms with Crippen LogP contribution in [0.1, 0.15) is 19.2 Å². The highest BCUT2D eigenvalue weighted by atomic mass is 79.9. The molecule has 3 aromatic rings. The fourth-order valence-electron chi connectivity index (χ4n) is 3.13. The number of aromatic amines is 1. The van der Waals surface area contributed by atoms with Gasteiger partial charge < -0.3 is 9.40 Å². The number of hydrogen-bond donors (Lipinski definition) is 1. The van der Waals surface area contributed by atoms with Crippen LogP contribution in [0.15, 0.2) is 31.9 Å². The van der Waals surface area contributed by atoms with E-state index in [-0.39, 0.29) is 5.56 Å². The summed E-state index contributed by atoms with van der Waals surface area (Å²) < 4.78 is 6.58. The van der Waals surface area contributed by atoms with Crippen molar-refractivity contribution in [3.63, 3.8) is 0 Å². The van der Waals surface area contributed by atoms with E-state index in [1.165, 1.54) is 6.42 Å². The highest BCUT2D eigenvalue weighted by Gasteiger charge is 2.20. The van der Waals surface area contributed by atoms with Gasteiger partial charge in [-0.05, 0) is 37.1 Å². The molecule has 22 heavy (non-hydrogen) atoms. The minimum atomic E-state index is -0.209. The highest BCUT2D eigenvalue weighted by Crippen LogP contribution is 2.28. The second-order valence-corrected chi connectivity index (χ2v) is 6.98. The van der Waals surface area contributed by atoms with Gasteiger partial charge in [0, 0.05) is 16.4 Å². The molecule has 0 radical (unpaired) electrons. The number of fused-ring (bicyclic) bond motifs is 3. The van der Waals surface area contributed by atoms with Crippen molar-refractivity contribution in [1.29, 1.82) is 0 Å². The van der Waals surface area contributed by atoms with E-state index in [9.17, 15) is 4.79 Å². The fraction of sp³-hybridized carbons (Fsp3) is 0.375. The first-order chi connectivity index (χ1) is 10.6. The topological polar surface area (TPSA) is 62.1 Å². The van der Waals surface area contributed by atoms with E-state index in [2.05, 4.69) is 37.7 Å². The molecule has 1 saturated heterocycles. The summed E-state index contributed by atoms with van der Waals surface area (Å²) in [5.41, 5.74) is 1.41. The maximum absolute atomic E-state index is 12.3. The number of aromatic nitrogens is 2. The molecule has 1 unspecified atom stereocenters. The van der Waals surface area contributed by atoms with Crippen LogP contribution in [-0.4, -0.2) is 28.0 Å². The summed E-state index contributed by atoms with van der Waals surface area (Å²) in [6.45, 7) is 5.04. The molecule has 0 aliphatic carbocycles. The zero-order valence-electron chi connectivity index (χ0n) is 12.2. The van der Waals surface area contributed by atoms with E-state index in [0.717, 1.165) is 22.9 Å². The average Bonchev–Trinajstić information content (AvgIpc) is 3.03. The van der Waals surface area contributed by atoms with Gasteiger partial charge in [-0.15, -0.1) is 0 Å². The van der Waals surface area contributed by atoms with Crippen molar-refractivity contribution in [3.8, 4) is 0 Å². The molecule has 2 aromatic heterocycles. The van der Waals surface area contributed by atoms with Crippen LogP contribution in [0.25, 0.3) is 22.1 Å². The third-order valence-corrected chi connectivity index (χ3v) is 4.71. The Morgan fingerprint density at radius 2 is 2.36 bits per heavy atom. The zero-order valence-corrected chi connectivity index (χ0v) is 13.8. The molecule has 0 bridgehead atoms. The normalized spacial score (nSPS) is 19.5. The standard InChI is InChI=1S/C16H16BrN3O2/c1-9-4-5-20(7-9)8-13-18-14-11-6-10(17)2-3-12(11)22-15(14)16(21)19-13/h2-3,6,9H,4-5,7-8H2,1H3,(H,18,19,21). The zero-order chi connectivity index (χ0) is 15.3. The van der Waals surface area contributed by atoms with E-state index in [1.807, 2.05) is 18.2 Å². The Morgan fingerprint density at radius 3 is 3.14 bits per heavy atom. The lowest BCUT2D eigenvalue weighted by Gasteiger charge is -2.13. The Bertz CT molecular complexity index is 915. The number of halogens is 1. The van der Waals surface area contributed by atoms with Crippen molar-refractivity contribution < 1.29 is 4.42 Å². The first kappa shape index (κ1) is 14.0. The molecular formula is C16H16BrN3O2. The maximum atomic E-state index is 12.3. The van der Waals surface area contributed by atoms with Gasteiger partial charge in [0.05, 0.1) is 6.54 Å². The van der Waals surface area contributed by atoms with Crippen LogP contribution < -0.4 is 5.56 Å². The summed E-state index contributed by atoms with van der Waals surface area (Å²) in [7, 11) is 0. The molecule has 1 aliphatic heterocycles. The van der Waals surface area contributed by atoms with Gasteiger partial charge in [-0.2, -0.15) is 0 Å². The summed E-state index contributed by atoms with van der Waals surface area (Å²) in [6, 6.07) is 5.68. The number of nitrogens with one attached hydrogen (secondary N) is 1. The minimum absolute atomic E-state index is 0.209. The van der Waals surface area contributed by atoms with E-state index >= 15 is 0 Å².